The fraction of sp³-hybridized carbons (Fsp3) is 0.333. The Hall–Kier alpha value is -2.70. The quantitative estimate of drug-likeness (QED) is 0.828. The minimum Gasteiger partial charge on any atom is -0.472 e. The van der Waals surface area contributed by atoms with Gasteiger partial charge in [0.15, 0.2) is 0 Å². The monoisotopic (exact) mass is 300 g/mol. The van der Waals surface area contributed by atoms with Gasteiger partial charge in [0, 0.05) is 38.6 Å². The van der Waals surface area contributed by atoms with Crippen molar-refractivity contribution >= 4 is 11.8 Å². The van der Waals surface area contributed by atoms with Crippen LogP contribution in [0.1, 0.15) is 27.3 Å². The summed E-state index contributed by atoms with van der Waals surface area (Å²) in [5.74, 6) is -0.215. The largest absolute Gasteiger partial charge is 0.472 e. The Morgan fingerprint density at radius 3 is 2.45 bits per heavy atom. The van der Waals surface area contributed by atoms with Crippen LogP contribution in [0.5, 0.6) is 0 Å². The Morgan fingerprint density at radius 1 is 1.05 bits per heavy atom. The first-order valence-corrected chi connectivity index (χ1v) is 7.12. The topological polar surface area (TPSA) is 79.5 Å². The van der Waals surface area contributed by atoms with Crippen LogP contribution in [-0.2, 0) is 0 Å². The summed E-state index contributed by atoms with van der Waals surface area (Å²) in [5, 5.41) is 0. The molecule has 0 unspecified atom stereocenters. The molecule has 0 saturated carbocycles. The number of aromatic nitrogens is 2. The molecule has 2 aromatic heterocycles. The molecule has 0 bridgehead atoms. The normalized spacial score (nSPS) is 15.5. The van der Waals surface area contributed by atoms with E-state index in [2.05, 4.69) is 9.97 Å². The third-order valence-corrected chi connectivity index (χ3v) is 3.62. The fourth-order valence-electron chi connectivity index (χ4n) is 2.46. The molecule has 3 rings (SSSR count). The first-order chi connectivity index (χ1) is 10.8. The molecule has 7 nitrogen and oxygen atoms in total. The van der Waals surface area contributed by atoms with Crippen molar-refractivity contribution in [1.82, 2.24) is 19.8 Å². The summed E-state index contributed by atoms with van der Waals surface area (Å²) in [6.45, 7) is 2.20. The van der Waals surface area contributed by atoms with Crippen molar-refractivity contribution in [3.05, 3.63) is 48.4 Å². The maximum Gasteiger partial charge on any atom is 0.274 e. The van der Waals surface area contributed by atoms with E-state index in [0.717, 1.165) is 6.42 Å². The zero-order chi connectivity index (χ0) is 15.4. The van der Waals surface area contributed by atoms with Gasteiger partial charge < -0.3 is 14.2 Å². The van der Waals surface area contributed by atoms with Crippen LogP contribution >= 0.6 is 0 Å². The molecule has 0 atom stereocenters. The van der Waals surface area contributed by atoms with Crippen LogP contribution in [0.4, 0.5) is 0 Å². The number of nitrogens with zero attached hydrogens (tertiary/aromatic N) is 4. The lowest BCUT2D eigenvalue weighted by molar-refractivity contribution is 0.0715. The summed E-state index contributed by atoms with van der Waals surface area (Å²) < 4.78 is 4.95. The second kappa shape index (κ2) is 6.38. The average Bonchev–Trinajstić information content (AvgIpc) is 2.99. The van der Waals surface area contributed by atoms with Crippen LogP contribution < -0.4 is 0 Å². The molecule has 22 heavy (non-hydrogen) atoms. The molecular weight excluding hydrogens is 284 g/mol. The van der Waals surface area contributed by atoms with Crippen LogP contribution in [0.3, 0.4) is 0 Å². The molecule has 2 amide bonds. The zero-order valence-corrected chi connectivity index (χ0v) is 12.0. The van der Waals surface area contributed by atoms with Gasteiger partial charge in [-0.3, -0.25) is 14.6 Å². The Morgan fingerprint density at radius 2 is 1.82 bits per heavy atom. The van der Waals surface area contributed by atoms with Crippen molar-refractivity contribution in [1.29, 1.82) is 0 Å². The Balaban J connectivity index is 1.65. The molecule has 3 heterocycles. The summed E-state index contributed by atoms with van der Waals surface area (Å²) in [6, 6.07) is 1.65. The molecule has 1 saturated heterocycles. The van der Waals surface area contributed by atoms with E-state index in [4.69, 9.17) is 4.42 Å². The third kappa shape index (κ3) is 2.98. The number of carbonyl (C=O) groups excluding carboxylic acids is 2. The minimum atomic E-state index is -0.147. The number of rotatable bonds is 2. The molecule has 1 aliphatic rings. The average molecular weight is 300 g/mol. The maximum atomic E-state index is 12.4. The molecule has 2 aromatic rings. The van der Waals surface area contributed by atoms with Crippen molar-refractivity contribution in [2.24, 2.45) is 0 Å². The van der Waals surface area contributed by atoms with Gasteiger partial charge in [-0.05, 0) is 12.5 Å². The van der Waals surface area contributed by atoms with Gasteiger partial charge >= 0.3 is 0 Å². The molecule has 7 heteroatoms. The summed E-state index contributed by atoms with van der Waals surface area (Å²) >= 11 is 0. The predicted octanol–water partition coefficient (Wildman–Crippen LogP) is 1.06. The van der Waals surface area contributed by atoms with Crippen molar-refractivity contribution in [2.75, 3.05) is 26.2 Å². The van der Waals surface area contributed by atoms with E-state index in [1.807, 2.05) is 0 Å². The molecule has 114 valence electrons. The van der Waals surface area contributed by atoms with Gasteiger partial charge in [-0.2, -0.15) is 0 Å². The van der Waals surface area contributed by atoms with E-state index in [1.165, 1.54) is 31.1 Å². The highest BCUT2D eigenvalue weighted by Gasteiger charge is 2.24. The second-order valence-corrected chi connectivity index (χ2v) is 5.04. The molecular formula is C15H16N4O3. The van der Waals surface area contributed by atoms with Gasteiger partial charge in [-0.1, -0.05) is 0 Å². The lowest BCUT2D eigenvalue weighted by atomic mass is 10.3. The van der Waals surface area contributed by atoms with Crippen molar-refractivity contribution in [3.8, 4) is 0 Å². The lowest BCUT2D eigenvalue weighted by Crippen LogP contribution is -2.37. The molecule has 0 aliphatic carbocycles. The van der Waals surface area contributed by atoms with E-state index in [9.17, 15) is 9.59 Å². The molecule has 0 N–H and O–H groups in total. The minimum absolute atomic E-state index is 0.0671. The van der Waals surface area contributed by atoms with Gasteiger partial charge in [-0.15, -0.1) is 0 Å². The van der Waals surface area contributed by atoms with Crippen LogP contribution in [0, 0.1) is 0 Å². The molecule has 0 radical (unpaired) electrons. The Kier molecular flexibility index (Phi) is 4.13. The van der Waals surface area contributed by atoms with Crippen LogP contribution in [-0.4, -0.2) is 57.8 Å². The number of amides is 2. The number of hydrogen-bond donors (Lipinski definition) is 0. The first kappa shape index (κ1) is 14.2. The molecule has 1 aliphatic heterocycles. The van der Waals surface area contributed by atoms with Gasteiger partial charge in [-0.25, -0.2) is 4.98 Å². The molecule has 0 spiro atoms. The van der Waals surface area contributed by atoms with Gasteiger partial charge in [0.1, 0.15) is 12.0 Å². The van der Waals surface area contributed by atoms with Crippen molar-refractivity contribution < 1.29 is 14.0 Å². The SMILES string of the molecule is O=C(c1ccoc1)N1CCCN(C(=O)c2cnccn2)CC1. The molecule has 0 aromatic carbocycles. The fourth-order valence-corrected chi connectivity index (χ4v) is 2.46. The maximum absolute atomic E-state index is 12.4. The Labute approximate surface area is 127 Å². The van der Waals surface area contributed by atoms with E-state index in [-0.39, 0.29) is 11.8 Å². The lowest BCUT2D eigenvalue weighted by Gasteiger charge is -2.21. The highest BCUT2D eigenvalue weighted by molar-refractivity contribution is 5.94. The van der Waals surface area contributed by atoms with E-state index < -0.39 is 0 Å². The number of hydrogen-bond acceptors (Lipinski definition) is 5. The summed E-state index contributed by atoms with van der Waals surface area (Å²) in [6.07, 6.45) is 8.15. The third-order valence-electron chi connectivity index (χ3n) is 3.62. The summed E-state index contributed by atoms with van der Waals surface area (Å²) in [4.78, 5) is 36.1. The predicted molar refractivity (Wildman–Crippen MR) is 77.2 cm³/mol. The zero-order valence-electron chi connectivity index (χ0n) is 12.0. The number of furan rings is 1. The second-order valence-electron chi connectivity index (χ2n) is 5.04. The highest BCUT2D eigenvalue weighted by atomic mass is 16.3. The van der Waals surface area contributed by atoms with Gasteiger partial charge in [0.25, 0.3) is 11.8 Å². The van der Waals surface area contributed by atoms with Crippen LogP contribution in [0.15, 0.2) is 41.6 Å². The van der Waals surface area contributed by atoms with Crippen LogP contribution in [0.2, 0.25) is 0 Å². The Bertz CT molecular complexity index is 642. The van der Waals surface area contributed by atoms with Crippen LogP contribution in [0.25, 0.3) is 0 Å². The van der Waals surface area contributed by atoms with E-state index in [1.54, 1.807) is 15.9 Å². The highest BCUT2D eigenvalue weighted by Crippen LogP contribution is 2.11. The van der Waals surface area contributed by atoms with Gasteiger partial charge in [0.2, 0.25) is 0 Å². The van der Waals surface area contributed by atoms with Crippen molar-refractivity contribution in [2.45, 2.75) is 6.42 Å². The van der Waals surface area contributed by atoms with E-state index in [0.29, 0.717) is 37.4 Å². The van der Waals surface area contributed by atoms with Crippen molar-refractivity contribution in [3.63, 3.8) is 0 Å². The summed E-state index contributed by atoms with van der Waals surface area (Å²) in [5.41, 5.74) is 0.866. The standard InChI is InChI=1S/C15H16N4O3/c20-14(12-2-9-22-11-12)18-5-1-6-19(8-7-18)15(21)13-10-16-3-4-17-13/h2-4,9-11H,1,5-8H2. The summed E-state index contributed by atoms with van der Waals surface area (Å²) in [7, 11) is 0. The number of carbonyl (C=O) groups is 2. The van der Waals surface area contributed by atoms with E-state index >= 15 is 0 Å². The van der Waals surface area contributed by atoms with Gasteiger partial charge in [0.05, 0.1) is 18.0 Å². The smallest absolute Gasteiger partial charge is 0.274 e. The molecule has 1 fully saturated rings. The first-order valence-electron chi connectivity index (χ1n) is 7.12.